The largest absolute Gasteiger partial charge is 0.323 e. The number of nitrogens with one attached hydrogen (secondary N) is 2. The van der Waals surface area contributed by atoms with Crippen LogP contribution in [0.15, 0.2) is 36.0 Å². The molecular formula is C15H18N2O2. The van der Waals surface area contributed by atoms with Crippen LogP contribution >= 0.6 is 0 Å². The van der Waals surface area contributed by atoms with Gasteiger partial charge in [-0.1, -0.05) is 5.57 Å². The Morgan fingerprint density at radius 3 is 2.32 bits per heavy atom. The van der Waals surface area contributed by atoms with Crippen molar-refractivity contribution >= 4 is 17.5 Å². The molecule has 2 rings (SSSR count). The molecule has 1 aliphatic rings. The van der Waals surface area contributed by atoms with Crippen molar-refractivity contribution in [1.82, 2.24) is 5.32 Å². The number of carbonyl (C=O) groups excluding carboxylic acids is 2. The Labute approximate surface area is 112 Å². The molecule has 0 atom stereocenters. The number of rotatable bonds is 3. The van der Waals surface area contributed by atoms with Crippen LogP contribution in [0, 0.1) is 0 Å². The minimum Gasteiger partial charge on any atom is -0.314 e. The molecule has 19 heavy (non-hydrogen) atoms. The minimum absolute atomic E-state index is 0.0157. The molecule has 0 unspecified atom stereocenters. The molecule has 4 nitrogen and oxygen atoms in total. The number of Topliss-reactive ketones (excluding diaryl/α,β-unsaturated/α-hetero) is 1. The van der Waals surface area contributed by atoms with E-state index in [1.54, 1.807) is 30.5 Å². The fraction of sp³-hybridized carbons (Fsp3) is 0.333. The maximum Gasteiger partial charge on any atom is 0.323 e. The summed E-state index contributed by atoms with van der Waals surface area (Å²) in [5.41, 5.74) is 2.61. The zero-order valence-corrected chi connectivity index (χ0v) is 11.0. The third-order valence-corrected chi connectivity index (χ3v) is 3.20. The molecule has 1 aromatic carbocycles. The Morgan fingerprint density at radius 1 is 1.11 bits per heavy atom. The van der Waals surface area contributed by atoms with Gasteiger partial charge in [-0.25, -0.2) is 4.79 Å². The van der Waals surface area contributed by atoms with E-state index in [9.17, 15) is 9.59 Å². The molecule has 0 radical (unpaired) electrons. The molecule has 0 spiro atoms. The molecule has 2 amide bonds. The summed E-state index contributed by atoms with van der Waals surface area (Å²) in [4.78, 5) is 22.8. The van der Waals surface area contributed by atoms with Crippen molar-refractivity contribution in [1.29, 1.82) is 0 Å². The van der Waals surface area contributed by atoms with Crippen molar-refractivity contribution in [3.8, 4) is 0 Å². The summed E-state index contributed by atoms with van der Waals surface area (Å²) in [6.07, 6.45) is 6.37. The number of carbonyl (C=O) groups is 2. The molecule has 0 saturated heterocycles. The molecule has 0 aliphatic heterocycles. The molecule has 2 N–H and O–H groups in total. The lowest BCUT2D eigenvalue weighted by molar-refractivity contribution is 0.101. The standard InChI is InChI=1S/C15H18N2O2/c1-11(18)13-6-8-14(9-7-13)17-15(19)16-10-12-4-2-3-5-12/h6-10H,2-5H2,1H3,(H2,16,17,19). The Hall–Kier alpha value is -2.10. The van der Waals surface area contributed by atoms with E-state index < -0.39 is 0 Å². The van der Waals surface area contributed by atoms with Crippen LogP contribution in [0.5, 0.6) is 0 Å². The molecule has 0 heterocycles. The summed E-state index contributed by atoms with van der Waals surface area (Å²) in [5, 5.41) is 5.46. The highest BCUT2D eigenvalue weighted by molar-refractivity contribution is 5.95. The van der Waals surface area contributed by atoms with Crippen LogP contribution in [0.2, 0.25) is 0 Å². The summed E-state index contributed by atoms with van der Waals surface area (Å²) in [7, 11) is 0. The first kappa shape index (κ1) is 13.3. The SMILES string of the molecule is CC(=O)c1ccc(NC(=O)NC=C2CCCC2)cc1. The van der Waals surface area contributed by atoms with Gasteiger partial charge in [-0.3, -0.25) is 4.79 Å². The lowest BCUT2D eigenvalue weighted by atomic mass is 10.1. The van der Waals surface area contributed by atoms with E-state index in [0.717, 1.165) is 12.8 Å². The number of benzene rings is 1. The zero-order valence-electron chi connectivity index (χ0n) is 11.0. The predicted molar refractivity (Wildman–Crippen MR) is 75.2 cm³/mol. The first-order valence-electron chi connectivity index (χ1n) is 6.51. The van der Waals surface area contributed by atoms with Crippen molar-refractivity contribution in [2.45, 2.75) is 32.6 Å². The zero-order chi connectivity index (χ0) is 13.7. The number of hydrogen-bond donors (Lipinski definition) is 2. The Bertz CT molecular complexity index is 495. The van der Waals surface area contributed by atoms with Crippen LogP contribution in [-0.4, -0.2) is 11.8 Å². The Kier molecular flexibility index (Phi) is 4.34. The van der Waals surface area contributed by atoms with Gasteiger partial charge in [0.25, 0.3) is 0 Å². The van der Waals surface area contributed by atoms with E-state index in [-0.39, 0.29) is 11.8 Å². The summed E-state index contributed by atoms with van der Waals surface area (Å²) in [6, 6.07) is 6.59. The van der Waals surface area contributed by atoms with Crippen molar-refractivity contribution in [2.75, 3.05) is 5.32 Å². The maximum atomic E-state index is 11.7. The minimum atomic E-state index is -0.255. The molecule has 1 fully saturated rings. The predicted octanol–water partition coefficient (Wildman–Crippen LogP) is 3.47. The van der Waals surface area contributed by atoms with E-state index in [4.69, 9.17) is 0 Å². The molecular weight excluding hydrogens is 240 g/mol. The van der Waals surface area contributed by atoms with Gasteiger partial charge in [0.05, 0.1) is 0 Å². The first-order chi connectivity index (χ1) is 9.15. The van der Waals surface area contributed by atoms with Gasteiger partial charge in [0.15, 0.2) is 5.78 Å². The highest BCUT2D eigenvalue weighted by atomic mass is 16.2. The van der Waals surface area contributed by atoms with E-state index in [1.165, 1.54) is 25.3 Å². The second kappa shape index (κ2) is 6.18. The summed E-state index contributed by atoms with van der Waals surface area (Å²) in [6.45, 7) is 1.52. The monoisotopic (exact) mass is 258 g/mol. The van der Waals surface area contributed by atoms with Crippen molar-refractivity contribution in [3.63, 3.8) is 0 Å². The van der Waals surface area contributed by atoms with E-state index in [1.807, 2.05) is 0 Å². The van der Waals surface area contributed by atoms with Gasteiger partial charge in [-0.05, 0) is 56.9 Å². The van der Waals surface area contributed by atoms with E-state index in [0.29, 0.717) is 11.3 Å². The number of urea groups is 1. The van der Waals surface area contributed by atoms with E-state index in [2.05, 4.69) is 10.6 Å². The third kappa shape index (κ3) is 3.95. The number of allylic oxidation sites excluding steroid dienone is 1. The fourth-order valence-corrected chi connectivity index (χ4v) is 2.10. The van der Waals surface area contributed by atoms with Gasteiger partial charge >= 0.3 is 6.03 Å². The topological polar surface area (TPSA) is 58.2 Å². The molecule has 1 saturated carbocycles. The summed E-state index contributed by atoms with van der Waals surface area (Å²) in [5.74, 6) is 0.0157. The molecule has 4 heteroatoms. The highest BCUT2D eigenvalue weighted by Crippen LogP contribution is 2.22. The van der Waals surface area contributed by atoms with Crippen LogP contribution in [-0.2, 0) is 0 Å². The number of ketones is 1. The quantitative estimate of drug-likeness (QED) is 0.815. The van der Waals surface area contributed by atoms with Gasteiger partial charge in [0, 0.05) is 17.5 Å². The number of amides is 2. The van der Waals surface area contributed by atoms with Gasteiger partial charge in [0.2, 0.25) is 0 Å². The average Bonchev–Trinajstić information content (AvgIpc) is 2.90. The van der Waals surface area contributed by atoms with Crippen LogP contribution in [0.4, 0.5) is 10.5 Å². The van der Waals surface area contributed by atoms with Gasteiger partial charge < -0.3 is 10.6 Å². The molecule has 1 aromatic rings. The van der Waals surface area contributed by atoms with E-state index >= 15 is 0 Å². The smallest absolute Gasteiger partial charge is 0.314 e. The second-order valence-electron chi connectivity index (χ2n) is 4.74. The highest BCUT2D eigenvalue weighted by Gasteiger charge is 2.07. The summed E-state index contributed by atoms with van der Waals surface area (Å²) < 4.78 is 0. The molecule has 100 valence electrons. The lowest BCUT2D eigenvalue weighted by Crippen LogP contribution is -2.24. The fourth-order valence-electron chi connectivity index (χ4n) is 2.10. The van der Waals surface area contributed by atoms with Crippen LogP contribution < -0.4 is 10.6 Å². The van der Waals surface area contributed by atoms with Crippen molar-refractivity contribution < 1.29 is 9.59 Å². The van der Waals surface area contributed by atoms with Crippen LogP contribution in [0.25, 0.3) is 0 Å². The summed E-state index contributed by atoms with van der Waals surface area (Å²) >= 11 is 0. The van der Waals surface area contributed by atoms with Crippen molar-refractivity contribution in [3.05, 3.63) is 41.6 Å². The number of anilines is 1. The second-order valence-corrected chi connectivity index (χ2v) is 4.74. The van der Waals surface area contributed by atoms with Crippen LogP contribution in [0.3, 0.4) is 0 Å². The number of hydrogen-bond acceptors (Lipinski definition) is 2. The Morgan fingerprint density at radius 2 is 1.74 bits per heavy atom. The first-order valence-corrected chi connectivity index (χ1v) is 6.51. The third-order valence-electron chi connectivity index (χ3n) is 3.20. The maximum absolute atomic E-state index is 11.7. The molecule has 0 bridgehead atoms. The normalized spacial score (nSPS) is 14.1. The van der Waals surface area contributed by atoms with Gasteiger partial charge in [-0.2, -0.15) is 0 Å². The molecule has 1 aliphatic carbocycles. The van der Waals surface area contributed by atoms with Gasteiger partial charge in [-0.15, -0.1) is 0 Å². The lowest BCUT2D eigenvalue weighted by Gasteiger charge is -2.06. The molecule has 0 aromatic heterocycles. The Balaban J connectivity index is 1.87. The van der Waals surface area contributed by atoms with Crippen molar-refractivity contribution in [2.24, 2.45) is 0 Å². The average molecular weight is 258 g/mol. The van der Waals surface area contributed by atoms with Gasteiger partial charge in [0.1, 0.15) is 0 Å². The van der Waals surface area contributed by atoms with Crippen LogP contribution in [0.1, 0.15) is 43.0 Å².